The lowest BCUT2D eigenvalue weighted by molar-refractivity contribution is 0.135. The number of nitrogens with one attached hydrogen (secondary N) is 1. The molecule has 0 saturated carbocycles. The fourth-order valence-corrected chi connectivity index (χ4v) is 4.29. The molecule has 0 unspecified atom stereocenters. The summed E-state index contributed by atoms with van der Waals surface area (Å²) in [5, 5.41) is 5.05. The van der Waals surface area contributed by atoms with Crippen molar-refractivity contribution in [2.45, 2.75) is 20.0 Å². The van der Waals surface area contributed by atoms with Gasteiger partial charge >= 0.3 is 6.03 Å². The molecular formula is C18H22BrN3OS. The van der Waals surface area contributed by atoms with Crippen LogP contribution in [0.5, 0.6) is 0 Å². The molecule has 0 aliphatic carbocycles. The maximum absolute atomic E-state index is 12.3. The molecule has 1 aliphatic heterocycles. The van der Waals surface area contributed by atoms with Crippen LogP contribution >= 0.6 is 27.3 Å². The topological polar surface area (TPSA) is 35.6 Å². The van der Waals surface area contributed by atoms with E-state index in [2.05, 4.69) is 57.3 Å². The molecule has 4 nitrogen and oxygen atoms in total. The number of hydrogen-bond donors (Lipinski definition) is 1. The third-order valence-electron chi connectivity index (χ3n) is 4.18. The van der Waals surface area contributed by atoms with Gasteiger partial charge in [-0.2, -0.15) is 0 Å². The van der Waals surface area contributed by atoms with Crippen LogP contribution in [-0.4, -0.2) is 42.0 Å². The monoisotopic (exact) mass is 407 g/mol. The largest absolute Gasteiger partial charge is 0.333 e. The number of hydrogen-bond acceptors (Lipinski definition) is 3. The second-order valence-corrected chi connectivity index (χ2v) is 8.05. The van der Waals surface area contributed by atoms with E-state index in [-0.39, 0.29) is 6.03 Å². The summed E-state index contributed by atoms with van der Waals surface area (Å²) in [6, 6.07) is 10.7. The van der Waals surface area contributed by atoms with E-state index in [0.29, 0.717) is 6.54 Å². The van der Waals surface area contributed by atoms with Gasteiger partial charge in [-0.1, -0.05) is 29.8 Å². The quantitative estimate of drug-likeness (QED) is 0.835. The summed E-state index contributed by atoms with van der Waals surface area (Å²) in [4.78, 5) is 17.8. The molecule has 1 aromatic carbocycles. The number of piperazine rings is 1. The predicted octanol–water partition coefficient (Wildman–Crippen LogP) is 3.85. The lowest BCUT2D eigenvalue weighted by Gasteiger charge is -2.34. The highest BCUT2D eigenvalue weighted by Gasteiger charge is 2.21. The summed E-state index contributed by atoms with van der Waals surface area (Å²) in [7, 11) is 0. The highest BCUT2D eigenvalue weighted by Crippen LogP contribution is 2.19. The minimum atomic E-state index is 0.0368. The summed E-state index contributed by atoms with van der Waals surface area (Å²) < 4.78 is 1.07. The molecule has 1 aromatic heterocycles. The molecule has 1 saturated heterocycles. The van der Waals surface area contributed by atoms with Crippen LogP contribution in [0.1, 0.15) is 16.0 Å². The van der Waals surface area contributed by atoms with Gasteiger partial charge in [0, 0.05) is 47.5 Å². The van der Waals surface area contributed by atoms with Crippen LogP contribution in [0.2, 0.25) is 0 Å². The molecule has 128 valence electrons. The van der Waals surface area contributed by atoms with Gasteiger partial charge in [-0.25, -0.2) is 4.79 Å². The first kappa shape index (κ1) is 17.5. The standard InChI is InChI=1S/C18H22BrN3OS/c1-14-3-2-4-15(9-14)12-21-5-7-22(8-6-21)18(23)20-11-17-10-16(19)13-24-17/h2-4,9-10,13H,5-8,11-12H2,1H3,(H,20,23). The van der Waals surface area contributed by atoms with E-state index in [1.807, 2.05) is 16.3 Å². The van der Waals surface area contributed by atoms with Crippen molar-refractivity contribution in [3.8, 4) is 0 Å². The van der Waals surface area contributed by atoms with Crippen LogP contribution in [0.4, 0.5) is 4.79 Å². The van der Waals surface area contributed by atoms with Crippen LogP contribution in [0.25, 0.3) is 0 Å². The smallest absolute Gasteiger partial charge is 0.317 e. The summed E-state index contributed by atoms with van der Waals surface area (Å²) in [6.45, 7) is 7.09. The van der Waals surface area contributed by atoms with Crippen LogP contribution in [0, 0.1) is 6.92 Å². The molecule has 2 aromatic rings. The number of nitrogens with zero attached hydrogens (tertiary/aromatic N) is 2. The number of carbonyl (C=O) groups excluding carboxylic acids is 1. The van der Waals surface area contributed by atoms with Gasteiger partial charge < -0.3 is 10.2 Å². The Kier molecular flexibility index (Phi) is 5.92. The van der Waals surface area contributed by atoms with E-state index in [0.717, 1.165) is 42.1 Å². The van der Waals surface area contributed by atoms with Crippen LogP contribution < -0.4 is 5.32 Å². The minimum Gasteiger partial charge on any atom is -0.333 e. The van der Waals surface area contributed by atoms with Gasteiger partial charge in [-0.3, -0.25) is 4.90 Å². The number of carbonyl (C=O) groups is 1. The summed E-state index contributed by atoms with van der Waals surface area (Å²) in [6.07, 6.45) is 0. The lowest BCUT2D eigenvalue weighted by atomic mass is 10.1. The number of aryl methyl sites for hydroxylation is 1. The van der Waals surface area contributed by atoms with Crippen LogP contribution in [-0.2, 0) is 13.1 Å². The molecule has 1 fully saturated rings. The molecule has 1 N–H and O–H groups in total. The van der Waals surface area contributed by atoms with Crippen LogP contribution in [0.3, 0.4) is 0 Å². The Hall–Kier alpha value is -1.37. The Bertz CT molecular complexity index is 695. The fourth-order valence-electron chi connectivity index (χ4n) is 2.90. The summed E-state index contributed by atoms with van der Waals surface area (Å²) in [5.74, 6) is 0. The van der Waals surface area contributed by atoms with Gasteiger partial charge in [-0.15, -0.1) is 11.3 Å². The van der Waals surface area contributed by atoms with Crippen molar-refractivity contribution >= 4 is 33.3 Å². The second kappa shape index (κ2) is 8.14. The Morgan fingerprint density at radius 3 is 2.71 bits per heavy atom. The maximum Gasteiger partial charge on any atom is 0.317 e. The van der Waals surface area contributed by atoms with E-state index in [9.17, 15) is 4.79 Å². The number of benzene rings is 1. The lowest BCUT2D eigenvalue weighted by Crippen LogP contribution is -2.51. The number of amides is 2. The average Bonchev–Trinajstić information content (AvgIpc) is 2.99. The van der Waals surface area contributed by atoms with E-state index >= 15 is 0 Å². The maximum atomic E-state index is 12.3. The SMILES string of the molecule is Cc1cccc(CN2CCN(C(=O)NCc3cc(Br)cs3)CC2)c1. The van der Waals surface area contributed by atoms with E-state index in [1.54, 1.807) is 11.3 Å². The third kappa shape index (κ3) is 4.82. The molecule has 2 amide bonds. The molecule has 2 heterocycles. The zero-order chi connectivity index (χ0) is 16.9. The first-order valence-electron chi connectivity index (χ1n) is 8.14. The second-order valence-electron chi connectivity index (χ2n) is 6.14. The zero-order valence-corrected chi connectivity index (χ0v) is 16.2. The van der Waals surface area contributed by atoms with Gasteiger partial charge in [0.15, 0.2) is 0 Å². The van der Waals surface area contributed by atoms with E-state index < -0.39 is 0 Å². The third-order valence-corrected chi connectivity index (χ3v) is 5.88. The first-order chi connectivity index (χ1) is 11.6. The van der Waals surface area contributed by atoms with Gasteiger partial charge in [0.05, 0.1) is 6.54 Å². The average molecular weight is 408 g/mol. The van der Waals surface area contributed by atoms with Crippen LogP contribution in [0.15, 0.2) is 40.2 Å². The fraction of sp³-hybridized carbons (Fsp3) is 0.389. The molecule has 1 aliphatic rings. The van der Waals surface area contributed by atoms with Gasteiger partial charge in [0.1, 0.15) is 0 Å². The van der Waals surface area contributed by atoms with E-state index in [1.165, 1.54) is 11.1 Å². The van der Waals surface area contributed by atoms with Gasteiger partial charge in [0.25, 0.3) is 0 Å². The van der Waals surface area contributed by atoms with Crippen molar-refractivity contribution in [1.82, 2.24) is 15.1 Å². The normalized spacial score (nSPS) is 15.5. The Morgan fingerprint density at radius 1 is 1.25 bits per heavy atom. The molecule has 6 heteroatoms. The van der Waals surface area contributed by atoms with Crippen molar-refractivity contribution in [2.24, 2.45) is 0 Å². The van der Waals surface area contributed by atoms with Gasteiger partial charge in [0.2, 0.25) is 0 Å². The molecule has 0 bridgehead atoms. The van der Waals surface area contributed by atoms with Crippen molar-refractivity contribution in [2.75, 3.05) is 26.2 Å². The summed E-state index contributed by atoms with van der Waals surface area (Å²) >= 11 is 5.09. The Labute approximate surface area is 155 Å². The van der Waals surface area contributed by atoms with Gasteiger partial charge in [-0.05, 0) is 34.5 Å². The molecule has 0 radical (unpaired) electrons. The Balaban J connectivity index is 1.43. The Morgan fingerprint density at radius 2 is 2.04 bits per heavy atom. The number of thiophene rings is 1. The minimum absolute atomic E-state index is 0.0368. The van der Waals surface area contributed by atoms with Crippen molar-refractivity contribution in [1.29, 1.82) is 0 Å². The number of halogens is 1. The molecular weight excluding hydrogens is 386 g/mol. The number of urea groups is 1. The first-order valence-corrected chi connectivity index (χ1v) is 9.81. The predicted molar refractivity (Wildman–Crippen MR) is 102 cm³/mol. The highest BCUT2D eigenvalue weighted by atomic mass is 79.9. The molecule has 0 atom stereocenters. The highest BCUT2D eigenvalue weighted by molar-refractivity contribution is 9.10. The zero-order valence-electron chi connectivity index (χ0n) is 13.8. The van der Waals surface area contributed by atoms with Crippen molar-refractivity contribution < 1.29 is 4.79 Å². The molecule has 3 rings (SSSR count). The molecule has 0 spiro atoms. The van der Waals surface area contributed by atoms with E-state index in [4.69, 9.17) is 0 Å². The van der Waals surface area contributed by atoms with Crippen molar-refractivity contribution in [3.63, 3.8) is 0 Å². The number of rotatable bonds is 4. The summed E-state index contributed by atoms with van der Waals surface area (Å²) in [5.41, 5.74) is 2.64. The van der Waals surface area contributed by atoms with Crippen molar-refractivity contribution in [3.05, 3.63) is 56.2 Å². The molecule has 24 heavy (non-hydrogen) atoms.